The standard InChI is InChI=1S/C21H20N2O3/c1-13-8-15(3)16(9-14(13)2)10-17(12-22)21(24)23-18-4-5-19-20(11-18)26-7-6-25-19/h4-5,8-11H,6-7H2,1-3H3,(H,23,24)/b17-10+. The molecule has 1 amide bonds. The van der Waals surface area contributed by atoms with E-state index in [1.165, 1.54) is 5.56 Å². The number of nitrogens with zero attached hydrogens (tertiary/aromatic N) is 1. The molecule has 0 saturated carbocycles. The summed E-state index contributed by atoms with van der Waals surface area (Å²) in [6.07, 6.45) is 1.62. The van der Waals surface area contributed by atoms with E-state index in [2.05, 4.69) is 11.4 Å². The number of fused-ring (bicyclic) bond motifs is 1. The molecule has 0 spiro atoms. The zero-order valence-corrected chi connectivity index (χ0v) is 15.1. The Morgan fingerprint density at radius 2 is 1.73 bits per heavy atom. The summed E-state index contributed by atoms with van der Waals surface area (Å²) in [5.74, 6) is 0.777. The molecule has 3 rings (SSSR count). The maximum atomic E-state index is 12.5. The van der Waals surface area contributed by atoms with Gasteiger partial charge in [-0.25, -0.2) is 0 Å². The Hall–Kier alpha value is -3.26. The predicted octanol–water partition coefficient (Wildman–Crippen LogP) is 3.93. The third kappa shape index (κ3) is 3.70. The number of benzene rings is 2. The highest BCUT2D eigenvalue weighted by molar-refractivity contribution is 6.09. The number of carbonyl (C=O) groups excluding carboxylic acids is 1. The molecule has 0 bridgehead atoms. The van der Waals surface area contributed by atoms with Crippen molar-refractivity contribution >= 4 is 17.7 Å². The number of nitriles is 1. The second-order valence-corrected chi connectivity index (χ2v) is 6.28. The van der Waals surface area contributed by atoms with E-state index in [1.807, 2.05) is 32.9 Å². The van der Waals surface area contributed by atoms with Crippen LogP contribution in [0.3, 0.4) is 0 Å². The predicted molar refractivity (Wildman–Crippen MR) is 100 cm³/mol. The Morgan fingerprint density at radius 1 is 1.04 bits per heavy atom. The van der Waals surface area contributed by atoms with Gasteiger partial charge >= 0.3 is 0 Å². The number of nitrogens with one attached hydrogen (secondary N) is 1. The van der Waals surface area contributed by atoms with Gasteiger partial charge in [0.15, 0.2) is 11.5 Å². The van der Waals surface area contributed by atoms with E-state index in [-0.39, 0.29) is 5.57 Å². The number of hydrogen-bond donors (Lipinski definition) is 1. The van der Waals surface area contributed by atoms with Gasteiger partial charge in [-0.05, 0) is 61.2 Å². The molecule has 1 aliphatic rings. The fourth-order valence-corrected chi connectivity index (χ4v) is 2.76. The second-order valence-electron chi connectivity index (χ2n) is 6.28. The van der Waals surface area contributed by atoms with Gasteiger partial charge in [0.1, 0.15) is 24.9 Å². The molecule has 26 heavy (non-hydrogen) atoms. The second kappa shape index (κ2) is 7.32. The molecule has 0 radical (unpaired) electrons. The fourth-order valence-electron chi connectivity index (χ4n) is 2.76. The number of hydrogen-bond acceptors (Lipinski definition) is 4. The van der Waals surface area contributed by atoms with Crippen LogP contribution in [-0.2, 0) is 4.79 Å². The lowest BCUT2D eigenvalue weighted by Crippen LogP contribution is -2.17. The van der Waals surface area contributed by atoms with E-state index in [0.717, 1.165) is 16.7 Å². The smallest absolute Gasteiger partial charge is 0.266 e. The van der Waals surface area contributed by atoms with E-state index in [1.54, 1.807) is 24.3 Å². The van der Waals surface area contributed by atoms with Gasteiger partial charge in [0.05, 0.1) is 0 Å². The van der Waals surface area contributed by atoms with Crippen LogP contribution < -0.4 is 14.8 Å². The van der Waals surface area contributed by atoms with E-state index in [0.29, 0.717) is 30.4 Å². The molecular formula is C21H20N2O3. The van der Waals surface area contributed by atoms with Crippen LogP contribution in [0.5, 0.6) is 11.5 Å². The van der Waals surface area contributed by atoms with Gasteiger partial charge < -0.3 is 14.8 Å². The average molecular weight is 348 g/mol. The summed E-state index contributed by atoms with van der Waals surface area (Å²) in [7, 11) is 0. The average Bonchev–Trinajstić information content (AvgIpc) is 2.63. The Labute approximate surface area is 152 Å². The Morgan fingerprint density at radius 3 is 2.46 bits per heavy atom. The first-order valence-corrected chi connectivity index (χ1v) is 8.38. The highest BCUT2D eigenvalue weighted by Crippen LogP contribution is 2.32. The van der Waals surface area contributed by atoms with E-state index < -0.39 is 5.91 Å². The summed E-state index contributed by atoms with van der Waals surface area (Å²) in [6, 6.07) is 11.2. The third-order valence-corrected chi connectivity index (χ3v) is 4.35. The third-order valence-electron chi connectivity index (χ3n) is 4.35. The van der Waals surface area contributed by atoms with Gasteiger partial charge in [-0.2, -0.15) is 5.26 Å². The highest BCUT2D eigenvalue weighted by Gasteiger charge is 2.15. The molecule has 132 valence electrons. The molecule has 1 aliphatic heterocycles. The van der Waals surface area contributed by atoms with Gasteiger partial charge in [-0.1, -0.05) is 12.1 Å². The zero-order chi connectivity index (χ0) is 18.7. The van der Waals surface area contributed by atoms with Crippen LogP contribution in [0.1, 0.15) is 22.3 Å². The summed E-state index contributed by atoms with van der Waals surface area (Å²) in [5.41, 5.74) is 4.78. The Kier molecular flexibility index (Phi) is 4.94. The van der Waals surface area contributed by atoms with Crippen LogP contribution in [-0.4, -0.2) is 19.1 Å². The largest absolute Gasteiger partial charge is 0.486 e. The normalized spacial score (nSPS) is 13.1. The van der Waals surface area contributed by atoms with Crippen molar-refractivity contribution in [2.24, 2.45) is 0 Å². The molecule has 0 atom stereocenters. The minimum Gasteiger partial charge on any atom is -0.486 e. The first-order valence-electron chi connectivity index (χ1n) is 8.38. The Balaban J connectivity index is 1.84. The lowest BCUT2D eigenvalue weighted by atomic mass is 9.99. The molecule has 5 heteroatoms. The molecule has 0 aromatic heterocycles. The molecule has 0 unspecified atom stereocenters. The molecule has 1 heterocycles. The summed E-state index contributed by atoms with van der Waals surface area (Å²) >= 11 is 0. The van der Waals surface area contributed by atoms with Crippen molar-refractivity contribution in [1.29, 1.82) is 5.26 Å². The minimum absolute atomic E-state index is 0.0474. The van der Waals surface area contributed by atoms with Crippen LogP contribution in [0, 0.1) is 32.1 Å². The summed E-state index contributed by atoms with van der Waals surface area (Å²) in [4.78, 5) is 12.5. The highest BCUT2D eigenvalue weighted by atomic mass is 16.6. The zero-order valence-electron chi connectivity index (χ0n) is 15.1. The van der Waals surface area contributed by atoms with Crippen molar-refractivity contribution in [3.05, 3.63) is 58.2 Å². The summed E-state index contributed by atoms with van der Waals surface area (Å²) < 4.78 is 11.0. The molecule has 0 aliphatic carbocycles. The quantitative estimate of drug-likeness (QED) is 0.674. The van der Waals surface area contributed by atoms with Crippen molar-refractivity contribution in [2.75, 3.05) is 18.5 Å². The molecule has 1 N–H and O–H groups in total. The van der Waals surface area contributed by atoms with Crippen molar-refractivity contribution < 1.29 is 14.3 Å². The van der Waals surface area contributed by atoms with Crippen molar-refractivity contribution in [1.82, 2.24) is 0 Å². The van der Waals surface area contributed by atoms with Crippen molar-refractivity contribution in [3.8, 4) is 17.6 Å². The molecule has 2 aromatic rings. The monoisotopic (exact) mass is 348 g/mol. The van der Waals surface area contributed by atoms with E-state index in [4.69, 9.17) is 9.47 Å². The van der Waals surface area contributed by atoms with Gasteiger partial charge in [-0.3, -0.25) is 4.79 Å². The first-order chi connectivity index (χ1) is 12.5. The number of anilines is 1. The molecular weight excluding hydrogens is 328 g/mol. The Bertz CT molecular complexity index is 939. The van der Waals surface area contributed by atoms with Crippen LogP contribution >= 0.6 is 0 Å². The van der Waals surface area contributed by atoms with Crippen LogP contribution in [0.2, 0.25) is 0 Å². The van der Waals surface area contributed by atoms with Crippen LogP contribution in [0.15, 0.2) is 35.9 Å². The topological polar surface area (TPSA) is 71.4 Å². The van der Waals surface area contributed by atoms with E-state index in [9.17, 15) is 10.1 Å². The maximum Gasteiger partial charge on any atom is 0.266 e. The van der Waals surface area contributed by atoms with Gasteiger partial charge in [0, 0.05) is 11.8 Å². The van der Waals surface area contributed by atoms with Crippen molar-refractivity contribution in [3.63, 3.8) is 0 Å². The number of amides is 1. The minimum atomic E-state index is -0.457. The molecule has 0 fully saturated rings. The lowest BCUT2D eigenvalue weighted by molar-refractivity contribution is -0.112. The van der Waals surface area contributed by atoms with Crippen LogP contribution in [0.25, 0.3) is 6.08 Å². The number of aryl methyl sites for hydroxylation is 3. The summed E-state index contributed by atoms with van der Waals surface area (Å²) in [5, 5.41) is 12.2. The number of ether oxygens (including phenoxy) is 2. The number of carbonyl (C=O) groups is 1. The van der Waals surface area contributed by atoms with Gasteiger partial charge in [0.2, 0.25) is 0 Å². The SMILES string of the molecule is Cc1cc(C)c(/C=C(\C#N)C(=O)Nc2ccc3c(c2)OCCO3)cc1C. The van der Waals surface area contributed by atoms with Crippen molar-refractivity contribution in [2.45, 2.75) is 20.8 Å². The summed E-state index contributed by atoms with van der Waals surface area (Å²) in [6.45, 7) is 6.99. The molecule has 5 nitrogen and oxygen atoms in total. The molecule has 0 saturated heterocycles. The maximum absolute atomic E-state index is 12.5. The van der Waals surface area contributed by atoms with E-state index >= 15 is 0 Å². The molecule has 2 aromatic carbocycles. The van der Waals surface area contributed by atoms with Gasteiger partial charge in [-0.15, -0.1) is 0 Å². The van der Waals surface area contributed by atoms with Gasteiger partial charge in [0.25, 0.3) is 5.91 Å². The fraction of sp³-hybridized carbons (Fsp3) is 0.238. The lowest BCUT2D eigenvalue weighted by Gasteiger charge is -2.19. The first kappa shape index (κ1) is 17.6. The number of rotatable bonds is 3. The van der Waals surface area contributed by atoms with Crippen LogP contribution in [0.4, 0.5) is 5.69 Å².